The SMILES string of the molecule is Cc1sc2nc1C(=O)CCc1nc(cs1)C(=O)N[C@@H](Cc1ccc(O)cc1)C(=O)N1C[C@H](O)[C@H](C)[C@H]1c1nc(cs1)-c1nc(cs1)-c1nc(-c3nc(C(=O)N(CCCCC(=O)O)C4CCC(C(=O)O)CC4)cs3)ccc1-c1nc(cs1)C(=O)N[C@H]2CC(N)=O. The number of aliphatic hydroxyl groups is 1. The number of aliphatic carboxylic acids is 2. The number of nitrogens with two attached hydrogens (primary N) is 1. The van der Waals surface area contributed by atoms with Gasteiger partial charge in [0.25, 0.3) is 17.7 Å². The average Bonchev–Trinajstić information content (AvgIpc) is 1.81. The number of rotatable bonds is 13. The molecule has 1 aliphatic carbocycles. The Bertz CT molecular complexity index is 4010. The highest BCUT2D eigenvalue weighted by molar-refractivity contribution is 7.15. The first-order valence-corrected chi connectivity index (χ1v) is 33.7. The smallest absolute Gasteiger partial charge is 0.306 e. The summed E-state index contributed by atoms with van der Waals surface area (Å²) in [5.74, 6) is -6.08. The number of unbranched alkanes of at least 4 members (excludes halogenated alkanes) is 1. The van der Waals surface area contributed by atoms with Gasteiger partial charge < -0.3 is 46.6 Å². The van der Waals surface area contributed by atoms with Crippen LogP contribution >= 0.6 is 68.0 Å². The van der Waals surface area contributed by atoms with Gasteiger partial charge in [-0.05, 0) is 75.3 Å². The number of hydrogen-bond donors (Lipinski definition) is 7. The van der Waals surface area contributed by atoms with Gasteiger partial charge in [-0.2, -0.15) is 0 Å². The normalized spacial score (nSPS) is 20.8. The molecule has 5 atom stereocenters. The lowest BCUT2D eigenvalue weighted by Crippen LogP contribution is -2.50. The highest BCUT2D eigenvalue weighted by atomic mass is 32.1. The molecule has 11 rings (SSSR count). The average molecular weight is 1320 g/mol. The Labute approximate surface area is 532 Å². The molecular formula is C59H58N12O12S6. The third-order valence-corrected chi connectivity index (χ3v) is 21.4. The van der Waals surface area contributed by atoms with Crippen molar-refractivity contribution >= 4 is 115 Å². The molecule has 2 aliphatic heterocycles. The van der Waals surface area contributed by atoms with E-state index >= 15 is 4.79 Å². The summed E-state index contributed by atoms with van der Waals surface area (Å²) in [6.07, 6.45) is 1.22. The highest BCUT2D eigenvalue weighted by Crippen LogP contribution is 2.43. The van der Waals surface area contributed by atoms with E-state index in [0.29, 0.717) is 102 Å². The molecule has 10 bridgehead atoms. The number of primary amides is 1. The molecular weight excluding hydrogens is 1260 g/mol. The summed E-state index contributed by atoms with van der Waals surface area (Å²) < 4.78 is 0. The minimum Gasteiger partial charge on any atom is -0.508 e. The number of benzene rings is 1. The number of Topliss-reactive ketones (excluding diaryl/α,β-unsaturated/α-hetero) is 1. The van der Waals surface area contributed by atoms with Crippen LogP contribution in [0, 0.1) is 18.8 Å². The van der Waals surface area contributed by atoms with E-state index in [0.717, 1.165) is 22.7 Å². The second kappa shape index (κ2) is 26.9. The molecule has 30 heteroatoms. The lowest BCUT2D eigenvalue weighted by Gasteiger charge is -2.35. The number of nitrogens with one attached hydrogen (secondary N) is 2. The summed E-state index contributed by atoms with van der Waals surface area (Å²) in [6, 6.07) is 6.51. The zero-order valence-electron chi connectivity index (χ0n) is 47.7. The van der Waals surface area contributed by atoms with Crippen LogP contribution in [-0.4, -0.2) is 144 Å². The first-order chi connectivity index (χ1) is 42.7. The molecule has 24 nitrogen and oxygen atoms in total. The molecule has 3 aliphatic rings. The molecule has 8 aromatic rings. The van der Waals surface area contributed by atoms with E-state index < -0.39 is 71.6 Å². The van der Waals surface area contributed by atoms with Crippen LogP contribution in [0.15, 0.2) is 63.3 Å². The Morgan fingerprint density at radius 3 is 2.11 bits per heavy atom. The number of carbonyl (C=O) groups is 8. The Morgan fingerprint density at radius 2 is 1.37 bits per heavy atom. The van der Waals surface area contributed by atoms with Gasteiger partial charge >= 0.3 is 11.9 Å². The number of phenolic OH excluding ortho intramolecular Hbond substituents is 1. The number of phenols is 1. The van der Waals surface area contributed by atoms with E-state index in [-0.39, 0.29) is 96.5 Å². The van der Waals surface area contributed by atoms with Crippen LogP contribution in [0.1, 0.15) is 144 Å². The van der Waals surface area contributed by atoms with Crippen molar-refractivity contribution in [3.05, 3.63) is 112 Å². The molecule has 0 unspecified atom stereocenters. The number of ketones is 1. The number of hydrogen-bond acceptors (Lipinski definition) is 23. The van der Waals surface area contributed by atoms with E-state index in [2.05, 4.69) is 20.6 Å². The molecule has 462 valence electrons. The lowest BCUT2D eigenvalue weighted by molar-refractivity contribution is -0.143. The van der Waals surface area contributed by atoms with Crippen molar-refractivity contribution in [1.29, 1.82) is 0 Å². The summed E-state index contributed by atoms with van der Waals surface area (Å²) in [5, 5.41) is 57.0. The first-order valence-electron chi connectivity index (χ1n) is 28.5. The molecule has 5 amide bonds. The summed E-state index contributed by atoms with van der Waals surface area (Å²) in [4.78, 5) is 145. The van der Waals surface area contributed by atoms with Gasteiger partial charge in [0.15, 0.2) is 5.78 Å². The number of carboxylic acid groups (broad SMARTS) is 2. The second-order valence-electron chi connectivity index (χ2n) is 21.9. The number of carboxylic acids is 2. The Hall–Kier alpha value is -8.13. The van der Waals surface area contributed by atoms with E-state index in [1.54, 1.807) is 57.6 Å². The number of nitrogens with zero attached hydrogens (tertiary/aromatic N) is 9. The molecule has 1 saturated carbocycles. The second-order valence-corrected chi connectivity index (χ2v) is 27.6. The van der Waals surface area contributed by atoms with Crippen molar-refractivity contribution in [3.63, 3.8) is 0 Å². The number of carbonyl (C=O) groups excluding carboxylic acids is 6. The van der Waals surface area contributed by atoms with Gasteiger partial charge in [0.05, 0.1) is 41.2 Å². The van der Waals surface area contributed by atoms with Gasteiger partial charge in [-0.15, -0.1) is 68.0 Å². The van der Waals surface area contributed by atoms with Crippen molar-refractivity contribution in [1.82, 2.24) is 55.3 Å². The van der Waals surface area contributed by atoms with Crippen LogP contribution in [-0.2, 0) is 32.0 Å². The zero-order chi connectivity index (χ0) is 62.8. The number of aryl methyl sites for hydroxylation is 2. The number of thiazole rings is 6. The van der Waals surface area contributed by atoms with Crippen LogP contribution in [0.25, 0.3) is 43.4 Å². The fourth-order valence-electron chi connectivity index (χ4n) is 11.1. The molecule has 1 aromatic carbocycles. The fourth-order valence-corrected chi connectivity index (χ4v) is 16.4. The highest BCUT2D eigenvalue weighted by Gasteiger charge is 2.45. The number of amides is 5. The van der Waals surface area contributed by atoms with E-state index in [9.17, 15) is 54.0 Å². The molecule has 0 spiro atoms. The fraction of sp³-hybridized carbons (Fsp3) is 0.373. The van der Waals surface area contributed by atoms with Crippen LogP contribution < -0.4 is 16.4 Å². The first kappa shape index (κ1) is 62.5. The molecule has 2 fully saturated rings. The van der Waals surface area contributed by atoms with Gasteiger partial charge in [-0.3, -0.25) is 38.4 Å². The number of aromatic nitrogens is 7. The summed E-state index contributed by atoms with van der Waals surface area (Å²) >= 11 is 7.16. The molecule has 0 radical (unpaired) electrons. The van der Waals surface area contributed by atoms with Crippen molar-refractivity contribution in [2.75, 3.05) is 13.1 Å². The van der Waals surface area contributed by atoms with Crippen molar-refractivity contribution in [3.8, 4) is 49.1 Å². The quantitative estimate of drug-likeness (QED) is 0.0534. The van der Waals surface area contributed by atoms with Crippen molar-refractivity contribution in [2.45, 2.75) is 115 Å². The Kier molecular flexibility index (Phi) is 18.9. The monoisotopic (exact) mass is 1320 g/mol. The number of pyridine rings is 1. The largest absolute Gasteiger partial charge is 0.508 e. The van der Waals surface area contributed by atoms with Gasteiger partial charge in [-0.25, -0.2) is 34.9 Å². The molecule has 9 heterocycles. The predicted octanol–water partition coefficient (Wildman–Crippen LogP) is 8.24. The Morgan fingerprint density at radius 1 is 0.697 bits per heavy atom. The summed E-state index contributed by atoms with van der Waals surface area (Å²) in [5.41, 5.74) is 8.63. The van der Waals surface area contributed by atoms with Crippen LogP contribution in [0.2, 0.25) is 0 Å². The van der Waals surface area contributed by atoms with Crippen LogP contribution in [0.5, 0.6) is 5.75 Å². The zero-order valence-corrected chi connectivity index (χ0v) is 52.6. The van der Waals surface area contributed by atoms with E-state index in [1.165, 1.54) is 67.8 Å². The molecule has 8 N–H and O–H groups in total. The van der Waals surface area contributed by atoms with Crippen molar-refractivity contribution in [2.24, 2.45) is 17.6 Å². The lowest BCUT2D eigenvalue weighted by atomic mass is 9.85. The number of aliphatic hydroxyl groups excluding tert-OH is 1. The van der Waals surface area contributed by atoms with Crippen molar-refractivity contribution < 1.29 is 58.8 Å². The van der Waals surface area contributed by atoms with Gasteiger partial charge in [0.2, 0.25) is 11.8 Å². The maximum atomic E-state index is 15.0. The number of aromatic hydroxyl groups is 1. The Balaban J connectivity index is 0.962. The maximum Gasteiger partial charge on any atom is 0.306 e. The molecule has 89 heavy (non-hydrogen) atoms. The third-order valence-electron chi connectivity index (χ3n) is 15.9. The topological polar surface area (TPSA) is 364 Å². The standard InChI is InChI=1S/C59H58N12O12S6/c1-27-43(74)21-71-49(27)56-67-40(25-88-56)54-65-37(22-86-54)48-33(14-15-34(62-48)53-68-41(26-87-53)58(81)70(18-4-3-5-46(76)77)31-10-8-30(9-11-31)59(82)83)52-66-39(24-85-52)51(79)63-35(20-44(60)75)55-69-47(28(2)89-55)42(73)16-17-45-61-38(23-84-45)50(78)64-36(57(71)80)19-29-6-12-32(72)13-7-29/h6-7,12-15,22-27,30-31,35-36,43,49,72,74H,3-5,8-11,16-21H2,1-2H3,(H2,60,75)(H,63,79)(H,64,78)(H,76,77)(H,82,83)/t27-,30?,31?,35-,36-,43-,49-/m0/s1. The van der Waals surface area contributed by atoms with E-state index in [4.69, 9.17) is 30.7 Å². The van der Waals surface area contributed by atoms with Crippen LogP contribution in [0.3, 0.4) is 0 Å². The molecule has 1 saturated heterocycles. The van der Waals surface area contributed by atoms with Gasteiger partial charge in [-0.1, -0.05) is 19.1 Å². The molecule has 7 aromatic heterocycles. The van der Waals surface area contributed by atoms with Crippen LogP contribution in [0.4, 0.5) is 0 Å². The minimum absolute atomic E-state index is 0.00833. The predicted molar refractivity (Wildman–Crippen MR) is 333 cm³/mol. The minimum atomic E-state index is -1.17. The van der Waals surface area contributed by atoms with Gasteiger partial charge in [0, 0.05) is 88.1 Å². The summed E-state index contributed by atoms with van der Waals surface area (Å²) in [6.45, 7) is 3.72. The number of fused-ring (bicyclic) bond motifs is 16. The van der Waals surface area contributed by atoms with Gasteiger partial charge in [0.1, 0.15) is 76.7 Å². The third kappa shape index (κ3) is 14.0. The van der Waals surface area contributed by atoms with E-state index in [1.807, 2.05) is 6.92 Å². The maximum absolute atomic E-state index is 15.0. The summed E-state index contributed by atoms with van der Waals surface area (Å²) in [7, 11) is 0.